The molecule has 1 aliphatic carbocycles. The molecule has 0 spiro atoms. The molecule has 8 rings (SSSR count). The van der Waals surface area contributed by atoms with E-state index >= 15 is 0 Å². The van der Waals surface area contributed by atoms with E-state index in [1.54, 1.807) is 36.4 Å². The molecule has 8 nitrogen and oxygen atoms in total. The molecular formula is C42H34O8. The van der Waals surface area contributed by atoms with Gasteiger partial charge >= 0.3 is 0 Å². The first-order valence-electron chi connectivity index (χ1n) is 16.7. The van der Waals surface area contributed by atoms with Crippen molar-refractivity contribution in [1.29, 1.82) is 0 Å². The van der Waals surface area contributed by atoms with E-state index in [4.69, 9.17) is 28.4 Å². The number of rotatable bonds is 0. The zero-order valence-corrected chi connectivity index (χ0v) is 27.3. The Balaban J connectivity index is 1.12. The molecule has 1 heterocycles. The van der Waals surface area contributed by atoms with E-state index in [0.29, 0.717) is 49.1 Å². The van der Waals surface area contributed by atoms with Crippen LogP contribution in [-0.4, -0.2) is 64.4 Å². The van der Waals surface area contributed by atoms with Gasteiger partial charge in [0.15, 0.2) is 5.78 Å². The molecule has 0 aromatic heterocycles. The van der Waals surface area contributed by atoms with E-state index in [1.807, 2.05) is 36.4 Å². The SMILES string of the molecule is O=C1c2cccc3c2C(=O)c2c(cccc21)OCCOCCOc1ccc2ccccc2c1-c1c(ccc2ccccc12)OCCOCCO3. The number of fused-ring (bicyclic) bond motifs is 7. The van der Waals surface area contributed by atoms with E-state index in [2.05, 4.69) is 36.4 Å². The Morgan fingerprint density at radius 3 is 1.18 bits per heavy atom. The van der Waals surface area contributed by atoms with Crippen LogP contribution in [0.1, 0.15) is 31.8 Å². The number of hydrogen-bond acceptors (Lipinski definition) is 8. The van der Waals surface area contributed by atoms with Gasteiger partial charge in [-0.2, -0.15) is 0 Å². The van der Waals surface area contributed by atoms with Crippen molar-refractivity contribution in [3.8, 4) is 34.1 Å². The third-order valence-corrected chi connectivity index (χ3v) is 8.97. The zero-order valence-electron chi connectivity index (χ0n) is 27.3. The smallest absolute Gasteiger partial charge is 0.201 e. The van der Waals surface area contributed by atoms with Gasteiger partial charge in [0.1, 0.15) is 49.4 Å². The summed E-state index contributed by atoms with van der Waals surface area (Å²) >= 11 is 0. The van der Waals surface area contributed by atoms with Crippen LogP contribution in [0.2, 0.25) is 0 Å². The van der Waals surface area contributed by atoms with Crippen LogP contribution in [-0.2, 0) is 9.47 Å². The Hall–Kier alpha value is -5.70. The van der Waals surface area contributed by atoms with E-state index < -0.39 is 0 Å². The molecule has 2 aliphatic rings. The Bertz CT molecular complexity index is 2090. The first-order valence-corrected chi connectivity index (χ1v) is 16.7. The number of ketones is 2. The lowest BCUT2D eigenvalue weighted by Gasteiger charge is -2.22. The summed E-state index contributed by atoms with van der Waals surface area (Å²) in [5.41, 5.74) is 2.96. The zero-order chi connectivity index (χ0) is 33.9. The van der Waals surface area contributed by atoms with E-state index in [9.17, 15) is 9.59 Å². The Labute approximate surface area is 289 Å². The maximum absolute atomic E-state index is 13.9. The van der Waals surface area contributed by atoms with Crippen molar-refractivity contribution in [2.45, 2.75) is 0 Å². The highest BCUT2D eigenvalue weighted by molar-refractivity contribution is 6.30. The molecule has 6 aromatic carbocycles. The Morgan fingerprint density at radius 1 is 0.340 bits per heavy atom. The van der Waals surface area contributed by atoms with Gasteiger partial charge in [-0.25, -0.2) is 0 Å². The molecule has 0 N–H and O–H groups in total. The van der Waals surface area contributed by atoms with Crippen molar-refractivity contribution in [2.75, 3.05) is 52.9 Å². The lowest BCUT2D eigenvalue weighted by atomic mass is 9.83. The van der Waals surface area contributed by atoms with Crippen LogP contribution < -0.4 is 18.9 Å². The summed E-state index contributed by atoms with van der Waals surface area (Å²) in [4.78, 5) is 27.4. The van der Waals surface area contributed by atoms with Gasteiger partial charge in [0.2, 0.25) is 5.78 Å². The van der Waals surface area contributed by atoms with E-state index in [0.717, 1.165) is 44.2 Å². The monoisotopic (exact) mass is 666 g/mol. The van der Waals surface area contributed by atoms with Gasteiger partial charge in [0.25, 0.3) is 0 Å². The minimum absolute atomic E-state index is 0.179. The summed E-state index contributed by atoms with van der Waals surface area (Å²) in [6.45, 7) is 2.09. The molecule has 250 valence electrons. The highest BCUT2D eigenvalue weighted by atomic mass is 16.6. The quantitative estimate of drug-likeness (QED) is 0.163. The Kier molecular flexibility index (Phi) is 8.86. The average molecular weight is 667 g/mol. The molecule has 0 fully saturated rings. The summed E-state index contributed by atoms with van der Waals surface area (Å²) in [5, 5.41) is 4.27. The van der Waals surface area contributed by atoms with Crippen molar-refractivity contribution in [3.05, 3.63) is 131 Å². The standard InChI is InChI=1S/C42H34O8/c43-41-31-11-5-13-33-39(31)42(44)40-32(41)12-6-14-34(40)48-24-20-46-22-26-50-36-18-16-28-8-2-4-10-30(28)38(36)37-29-9-3-1-7-27(29)15-17-35(37)49-25-21-45-19-23-47-33/h1-18H,19-26H2. The largest absolute Gasteiger partial charge is 0.491 e. The van der Waals surface area contributed by atoms with Gasteiger partial charge in [-0.3, -0.25) is 9.59 Å². The first-order chi connectivity index (χ1) is 24.7. The maximum atomic E-state index is 13.9. The molecule has 0 unspecified atom stereocenters. The van der Waals surface area contributed by atoms with Crippen molar-refractivity contribution in [1.82, 2.24) is 0 Å². The van der Waals surface area contributed by atoms with E-state index in [-0.39, 0.29) is 49.1 Å². The summed E-state index contributed by atoms with van der Waals surface area (Å²) in [6, 6.07) is 34.8. The third kappa shape index (κ3) is 5.93. The highest BCUT2D eigenvalue weighted by Gasteiger charge is 2.34. The molecule has 0 amide bonds. The van der Waals surface area contributed by atoms with Crippen LogP contribution in [0.4, 0.5) is 0 Å². The van der Waals surface area contributed by atoms with Crippen LogP contribution in [0.25, 0.3) is 32.7 Å². The first kappa shape index (κ1) is 31.6. The number of hydrogen-bond donors (Lipinski definition) is 0. The van der Waals surface area contributed by atoms with Gasteiger partial charge in [-0.1, -0.05) is 84.9 Å². The Morgan fingerprint density at radius 2 is 0.740 bits per heavy atom. The second-order valence-corrected chi connectivity index (χ2v) is 12.0. The van der Waals surface area contributed by atoms with Crippen LogP contribution >= 0.6 is 0 Å². The number of carbonyl (C=O) groups is 2. The number of benzene rings is 6. The second-order valence-electron chi connectivity index (χ2n) is 12.0. The van der Waals surface area contributed by atoms with Gasteiger partial charge in [-0.05, 0) is 45.8 Å². The van der Waals surface area contributed by atoms with Crippen molar-refractivity contribution in [2.24, 2.45) is 0 Å². The normalized spacial score (nSPS) is 15.5. The average Bonchev–Trinajstić information content (AvgIpc) is 3.15. The minimum Gasteiger partial charge on any atom is -0.491 e. The van der Waals surface area contributed by atoms with Crippen molar-refractivity contribution in [3.63, 3.8) is 0 Å². The fourth-order valence-electron chi connectivity index (χ4n) is 6.73. The molecule has 0 atom stereocenters. The second kappa shape index (κ2) is 14.0. The molecule has 6 aromatic rings. The molecule has 0 saturated heterocycles. The van der Waals surface area contributed by atoms with Crippen LogP contribution in [0, 0.1) is 0 Å². The fraction of sp³-hybridized carbons (Fsp3) is 0.190. The van der Waals surface area contributed by atoms with Crippen LogP contribution in [0.15, 0.2) is 109 Å². The predicted molar refractivity (Wildman–Crippen MR) is 190 cm³/mol. The molecule has 8 heteroatoms. The van der Waals surface area contributed by atoms with E-state index in [1.165, 1.54) is 0 Å². The van der Waals surface area contributed by atoms with Crippen molar-refractivity contribution < 1.29 is 38.0 Å². The molecular weight excluding hydrogens is 632 g/mol. The summed E-state index contributed by atoms with van der Waals surface area (Å²) in [6.07, 6.45) is 0. The molecule has 0 radical (unpaired) electrons. The van der Waals surface area contributed by atoms with Crippen LogP contribution in [0.5, 0.6) is 23.0 Å². The summed E-state index contributed by atoms with van der Waals surface area (Å²) < 4.78 is 36.7. The van der Waals surface area contributed by atoms with Gasteiger partial charge in [0.05, 0.1) is 37.6 Å². The number of ether oxygens (including phenoxy) is 6. The van der Waals surface area contributed by atoms with Gasteiger partial charge in [-0.15, -0.1) is 0 Å². The van der Waals surface area contributed by atoms with Crippen molar-refractivity contribution >= 4 is 33.1 Å². The topological polar surface area (TPSA) is 89.5 Å². The predicted octanol–water partition coefficient (Wildman–Crippen LogP) is 7.70. The van der Waals surface area contributed by atoms with Gasteiger partial charge in [0, 0.05) is 22.3 Å². The molecule has 2 bridgehead atoms. The number of carbonyl (C=O) groups excluding carboxylic acids is 2. The highest BCUT2D eigenvalue weighted by Crippen LogP contribution is 2.45. The molecule has 0 saturated carbocycles. The molecule has 50 heavy (non-hydrogen) atoms. The van der Waals surface area contributed by atoms with Gasteiger partial charge < -0.3 is 28.4 Å². The summed E-state index contributed by atoms with van der Waals surface area (Å²) in [7, 11) is 0. The maximum Gasteiger partial charge on any atom is 0.201 e. The minimum atomic E-state index is -0.319. The fourth-order valence-corrected chi connectivity index (χ4v) is 6.73. The lowest BCUT2D eigenvalue weighted by molar-refractivity contribution is 0.0756. The lowest BCUT2D eigenvalue weighted by Crippen LogP contribution is -2.24. The van der Waals surface area contributed by atoms with Crippen LogP contribution in [0.3, 0.4) is 0 Å². The third-order valence-electron chi connectivity index (χ3n) is 8.97. The molecule has 1 aliphatic heterocycles. The summed E-state index contributed by atoms with van der Waals surface area (Å²) in [5.74, 6) is 1.52.